The molecule has 1 unspecified atom stereocenters. The van der Waals surface area contributed by atoms with Gasteiger partial charge in [-0.25, -0.2) is 4.79 Å². The minimum Gasteiger partial charge on any atom is -0.464 e. The van der Waals surface area contributed by atoms with Gasteiger partial charge in [0.05, 0.1) is 34.3 Å². The van der Waals surface area contributed by atoms with E-state index in [2.05, 4.69) is 88.9 Å². The number of hydrogen-bond acceptors (Lipinski definition) is 4. The van der Waals surface area contributed by atoms with Crippen LogP contribution < -0.4 is 5.32 Å². The molecule has 0 heterocycles. The van der Waals surface area contributed by atoms with Gasteiger partial charge in [0.25, 0.3) is 0 Å². The van der Waals surface area contributed by atoms with E-state index < -0.39 is 12.0 Å². The maximum Gasteiger partial charge on any atom is 0.328 e. The van der Waals surface area contributed by atoms with E-state index in [4.69, 9.17) is 4.74 Å². The van der Waals surface area contributed by atoms with E-state index in [0.717, 1.165) is 88.1 Å². The van der Waals surface area contributed by atoms with Crippen LogP contribution in [0.1, 0.15) is 200 Å². The number of carbonyl (C=O) groups is 3. The molecule has 312 valence electrons. The van der Waals surface area contributed by atoms with Crippen molar-refractivity contribution in [1.82, 2.24) is 5.32 Å². The van der Waals surface area contributed by atoms with Crippen LogP contribution in [0.5, 0.6) is 0 Å². The summed E-state index contributed by atoms with van der Waals surface area (Å²) in [5.74, 6) is -0.363. The fourth-order valence-electron chi connectivity index (χ4n) is 6.31. The Labute approximate surface area is 334 Å². The second-order valence-electron chi connectivity index (χ2n) is 16.4. The molecule has 6 heteroatoms. The molecule has 1 atom stereocenters. The first kappa shape index (κ1) is 51.5. The summed E-state index contributed by atoms with van der Waals surface area (Å²) in [5, 5.41) is 2.92. The third kappa shape index (κ3) is 39.2. The highest BCUT2D eigenvalue weighted by molar-refractivity contribution is 5.85. The van der Waals surface area contributed by atoms with Crippen molar-refractivity contribution in [2.45, 2.75) is 206 Å². The van der Waals surface area contributed by atoms with E-state index in [-0.39, 0.29) is 11.7 Å². The van der Waals surface area contributed by atoms with Gasteiger partial charge in [-0.05, 0) is 96.3 Å². The summed E-state index contributed by atoms with van der Waals surface area (Å²) in [7, 11) is 6.48. The van der Waals surface area contributed by atoms with Crippen molar-refractivity contribution in [3.8, 4) is 0 Å². The van der Waals surface area contributed by atoms with E-state index in [1.165, 1.54) is 83.5 Å². The van der Waals surface area contributed by atoms with E-state index in [0.29, 0.717) is 32.3 Å². The standard InChI is InChI=1S/C48H86N2O4/c1-6-8-10-12-14-16-18-20-22-24-26-28-30-32-34-38-44-54-48(53)46(42-41-45(51)39-36-37-43-50(3,4)5)49-47(52)40-35-33-31-29-27-25-23-21-19-17-15-13-11-9-7-2/h14-17,20-23,46H,6-13,18-19,24-44H2,1-5H3/p+1/b16-14-,17-15-,22-20-,23-21-. The Bertz CT molecular complexity index is 1010. The fraction of sp³-hybridized carbons (Fsp3) is 0.771. The van der Waals surface area contributed by atoms with Crippen LogP contribution >= 0.6 is 0 Å². The number of ether oxygens (including phenoxy) is 1. The molecule has 0 aromatic heterocycles. The summed E-state index contributed by atoms with van der Waals surface area (Å²) in [4.78, 5) is 38.6. The zero-order chi connectivity index (χ0) is 39.8. The molecule has 1 N–H and O–H groups in total. The Morgan fingerprint density at radius 3 is 1.46 bits per heavy atom. The highest BCUT2D eigenvalue weighted by atomic mass is 16.5. The second-order valence-corrected chi connectivity index (χ2v) is 16.4. The van der Waals surface area contributed by atoms with Gasteiger partial charge in [-0.3, -0.25) is 9.59 Å². The van der Waals surface area contributed by atoms with Crippen LogP contribution in [0.4, 0.5) is 0 Å². The quantitative estimate of drug-likeness (QED) is 0.0293. The van der Waals surface area contributed by atoms with Crippen LogP contribution in [0.3, 0.4) is 0 Å². The Morgan fingerprint density at radius 1 is 0.519 bits per heavy atom. The smallest absolute Gasteiger partial charge is 0.328 e. The first-order valence-corrected chi connectivity index (χ1v) is 22.6. The second kappa shape index (κ2) is 38.8. The molecule has 0 saturated carbocycles. The summed E-state index contributed by atoms with van der Waals surface area (Å²) >= 11 is 0. The van der Waals surface area contributed by atoms with Gasteiger partial charge >= 0.3 is 5.97 Å². The van der Waals surface area contributed by atoms with E-state index in [9.17, 15) is 14.4 Å². The first-order valence-electron chi connectivity index (χ1n) is 22.6. The van der Waals surface area contributed by atoms with Crippen molar-refractivity contribution in [2.24, 2.45) is 0 Å². The summed E-state index contributed by atoms with van der Waals surface area (Å²) in [6.07, 6.45) is 48.1. The largest absolute Gasteiger partial charge is 0.464 e. The molecule has 0 aliphatic rings. The Balaban J connectivity index is 4.37. The lowest BCUT2D eigenvalue weighted by atomic mass is 10.0. The minimum atomic E-state index is -0.754. The van der Waals surface area contributed by atoms with Gasteiger partial charge in [-0.2, -0.15) is 0 Å². The molecule has 6 nitrogen and oxygen atoms in total. The molecule has 1 amide bonds. The molecule has 0 aliphatic carbocycles. The molecule has 0 aliphatic heterocycles. The normalized spacial score (nSPS) is 12.8. The van der Waals surface area contributed by atoms with Crippen LogP contribution in [0, 0.1) is 0 Å². The maximum atomic E-state index is 13.1. The first-order chi connectivity index (χ1) is 26.2. The lowest BCUT2D eigenvalue weighted by Crippen LogP contribution is -2.42. The average molecular weight is 756 g/mol. The monoisotopic (exact) mass is 756 g/mol. The number of hydrogen-bond donors (Lipinski definition) is 1. The van der Waals surface area contributed by atoms with Crippen molar-refractivity contribution in [3.05, 3.63) is 48.6 Å². The topological polar surface area (TPSA) is 72.5 Å². The predicted molar refractivity (Wildman–Crippen MR) is 233 cm³/mol. The van der Waals surface area contributed by atoms with E-state index in [1.54, 1.807) is 0 Å². The summed E-state index contributed by atoms with van der Waals surface area (Å²) < 4.78 is 6.52. The molecule has 0 rings (SSSR count). The van der Waals surface area contributed by atoms with Crippen LogP contribution in [-0.4, -0.2) is 62.5 Å². The molecule has 0 bridgehead atoms. The molecular weight excluding hydrogens is 669 g/mol. The third-order valence-electron chi connectivity index (χ3n) is 9.81. The number of allylic oxidation sites excluding steroid dienone is 8. The number of nitrogens with zero attached hydrogens (tertiary/aromatic N) is 1. The van der Waals surface area contributed by atoms with Gasteiger partial charge in [-0.15, -0.1) is 0 Å². The summed E-state index contributed by atoms with van der Waals surface area (Å²) in [6.45, 7) is 5.88. The number of unbranched alkanes of at least 4 members (excludes halogenated alkanes) is 18. The van der Waals surface area contributed by atoms with Crippen molar-refractivity contribution >= 4 is 17.7 Å². The number of nitrogens with one attached hydrogen (secondary N) is 1. The number of carbonyl (C=O) groups excluding carboxylic acids is 3. The van der Waals surface area contributed by atoms with Crippen molar-refractivity contribution in [3.63, 3.8) is 0 Å². The number of amides is 1. The SMILES string of the molecule is CCCCC/C=C\C/C=C\CCCCCCCCOC(=O)C(CCC(=O)CCCC[N+](C)(C)C)NC(=O)CCCCCCC/C=C\C/C=C\CCCCC. The number of ketones is 1. The van der Waals surface area contributed by atoms with Gasteiger partial charge in [0.1, 0.15) is 11.8 Å². The number of rotatable bonds is 39. The predicted octanol–water partition coefficient (Wildman–Crippen LogP) is 12.9. The highest BCUT2D eigenvalue weighted by Crippen LogP contribution is 2.12. The fourth-order valence-corrected chi connectivity index (χ4v) is 6.31. The molecule has 0 fully saturated rings. The highest BCUT2D eigenvalue weighted by Gasteiger charge is 2.23. The molecular formula is C48H87N2O4+. The molecule has 0 radical (unpaired) electrons. The third-order valence-corrected chi connectivity index (χ3v) is 9.81. The van der Waals surface area contributed by atoms with Crippen LogP contribution in [-0.2, 0) is 19.1 Å². The van der Waals surface area contributed by atoms with Crippen LogP contribution in [0.2, 0.25) is 0 Å². The zero-order valence-electron chi connectivity index (χ0n) is 36.2. The summed E-state index contributed by atoms with van der Waals surface area (Å²) in [5.41, 5.74) is 0. The van der Waals surface area contributed by atoms with Gasteiger partial charge in [0, 0.05) is 19.3 Å². The average Bonchev–Trinajstić information content (AvgIpc) is 3.14. The van der Waals surface area contributed by atoms with E-state index in [1.807, 2.05) is 0 Å². The summed E-state index contributed by atoms with van der Waals surface area (Å²) in [6, 6.07) is -0.754. The Kier molecular flexibility index (Phi) is 37.0. The van der Waals surface area contributed by atoms with E-state index >= 15 is 0 Å². The molecule has 0 aromatic rings. The molecule has 0 aromatic carbocycles. The Morgan fingerprint density at radius 2 is 0.963 bits per heavy atom. The minimum absolute atomic E-state index is 0.119. The number of quaternary nitrogens is 1. The van der Waals surface area contributed by atoms with Gasteiger partial charge in [-0.1, -0.05) is 133 Å². The molecule has 0 spiro atoms. The van der Waals surface area contributed by atoms with Gasteiger partial charge < -0.3 is 14.5 Å². The van der Waals surface area contributed by atoms with Crippen molar-refractivity contribution in [2.75, 3.05) is 34.3 Å². The maximum absolute atomic E-state index is 13.1. The molecule has 54 heavy (non-hydrogen) atoms. The number of Topliss-reactive ketones (excluding diaryl/α,β-unsaturated/α-hetero) is 1. The Hall–Kier alpha value is -2.47. The lowest BCUT2D eigenvalue weighted by Gasteiger charge is -2.23. The molecule has 0 saturated heterocycles. The number of esters is 1. The van der Waals surface area contributed by atoms with Crippen molar-refractivity contribution < 1.29 is 23.6 Å². The van der Waals surface area contributed by atoms with Crippen LogP contribution in [0.15, 0.2) is 48.6 Å². The van der Waals surface area contributed by atoms with Gasteiger partial charge in [0.2, 0.25) is 5.91 Å². The zero-order valence-corrected chi connectivity index (χ0v) is 36.2. The van der Waals surface area contributed by atoms with Gasteiger partial charge in [0.15, 0.2) is 0 Å². The van der Waals surface area contributed by atoms with Crippen LogP contribution in [0.25, 0.3) is 0 Å². The lowest BCUT2D eigenvalue weighted by molar-refractivity contribution is -0.870. The van der Waals surface area contributed by atoms with Crippen molar-refractivity contribution in [1.29, 1.82) is 0 Å².